The van der Waals surface area contributed by atoms with Crippen molar-refractivity contribution in [2.24, 2.45) is 51.3 Å². The monoisotopic (exact) mass is 502 g/mol. The molecule has 0 aromatic carbocycles. The summed E-state index contributed by atoms with van der Waals surface area (Å²) in [6.07, 6.45) is 16.4. The number of hydrogen-bond donors (Lipinski definition) is 4. The average molecular weight is 503 g/mol. The van der Waals surface area contributed by atoms with Crippen molar-refractivity contribution in [2.75, 3.05) is 6.54 Å². The number of Topliss-reactive ketones (excluding diaryl/α,β-unsaturated/α-hetero) is 1. The number of nitrogens with two attached hydrogens (primary N) is 1. The van der Waals surface area contributed by atoms with Gasteiger partial charge in [-0.15, -0.1) is 0 Å². The summed E-state index contributed by atoms with van der Waals surface area (Å²) in [6, 6.07) is 0. The largest absolute Gasteiger partial charge is 0.478 e. The van der Waals surface area contributed by atoms with Crippen molar-refractivity contribution < 1.29 is 29.8 Å². The van der Waals surface area contributed by atoms with Crippen LogP contribution in [0.2, 0.25) is 0 Å². The highest BCUT2D eigenvalue weighted by atomic mass is 16.4. The fraction of sp³-hybridized carbons (Fsp3) is 0.714. The van der Waals surface area contributed by atoms with Gasteiger partial charge in [-0.05, 0) is 93.4 Å². The van der Waals surface area contributed by atoms with Crippen LogP contribution in [0.1, 0.15) is 78.1 Å². The van der Waals surface area contributed by atoms with E-state index >= 15 is 0 Å². The van der Waals surface area contributed by atoms with Gasteiger partial charge < -0.3 is 21.2 Å². The first-order valence-corrected chi connectivity index (χ1v) is 13.3. The topological polar surface area (TPSA) is 150 Å². The maximum Gasteiger partial charge on any atom is 0.328 e. The van der Waals surface area contributed by atoms with E-state index in [2.05, 4.69) is 31.2 Å². The molecule has 8 heteroatoms. The first-order valence-electron chi connectivity index (χ1n) is 13.3. The van der Waals surface area contributed by atoms with Gasteiger partial charge in [0.15, 0.2) is 0 Å². The van der Waals surface area contributed by atoms with Crippen LogP contribution in [0.5, 0.6) is 0 Å². The van der Waals surface area contributed by atoms with Crippen molar-refractivity contribution in [2.45, 2.75) is 78.1 Å². The molecule has 4 aliphatic carbocycles. The van der Waals surface area contributed by atoms with Gasteiger partial charge in [0.25, 0.3) is 0 Å². The van der Waals surface area contributed by atoms with E-state index in [-0.39, 0.29) is 10.8 Å². The van der Waals surface area contributed by atoms with Crippen LogP contribution < -0.4 is 5.73 Å². The summed E-state index contributed by atoms with van der Waals surface area (Å²) >= 11 is 0. The van der Waals surface area contributed by atoms with Gasteiger partial charge in [0.1, 0.15) is 5.78 Å². The Balaban J connectivity index is 0.000000392. The minimum Gasteiger partial charge on any atom is -0.478 e. The lowest BCUT2D eigenvalue weighted by atomic mass is 9.44. The molecule has 4 rings (SSSR count). The lowest BCUT2D eigenvalue weighted by Crippen LogP contribution is -2.56. The van der Waals surface area contributed by atoms with Gasteiger partial charge >= 0.3 is 11.9 Å². The zero-order valence-electron chi connectivity index (χ0n) is 21.6. The van der Waals surface area contributed by atoms with Crippen LogP contribution in [0, 0.1) is 40.4 Å². The molecule has 36 heavy (non-hydrogen) atoms. The lowest BCUT2D eigenvalue weighted by molar-refractivity contribution is -0.134. The maximum atomic E-state index is 12.6. The molecule has 0 aromatic rings. The highest BCUT2D eigenvalue weighted by Gasteiger charge is 2.61. The number of oxime groups is 1. The summed E-state index contributed by atoms with van der Waals surface area (Å²) in [5.74, 6) is 0.631. The van der Waals surface area contributed by atoms with Crippen LogP contribution in [0.25, 0.3) is 0 Å². The number of unbranched alkanes of at least 4 members (excludes halogenated alkanes) is 1. The van der Waals surface area contributed by atoms with Crippen molar-refractivity contribution in [3.05, 3.63) is 24.3 Å². The van der Waals surface area contributed by atoms with Crippen LogP contribution >= 0.6 is 0 Å². The molecule has 5 N–H and O–H groups in total. The number of hydrogen-bond acceptors (Lipinski definition) is 6. The normalized spacial score (nSPS) is 38.8. The molecular formula is C28H42N2O6. The van der Waals surface area contributed by atoms with Crippen LogP contribution in [-0.4, -0.2) is 45.4 Å². The van der Waals surface area contributed by atoms with Gasteiger partial charge in [0.2, 0.25) is 0 Å². The molecule has 0 aromatic heterocycles. The third kappa shape index (κ3) is 5.74. The van der Waals surface area contributed by atoms with E-state index in [0.29, 0.717) is 47.5 Å². The first kappa shape index (κ1) is 28.1. The zero-order chi connectivity index (χ0) is 26.5. The van der Waals surface area contributed by atoms with E-state index < -0.39 is 11.9 Å². The Labute approximate surface area is 213 Å². The third-order valence-electron chi connectivity index (χ3n) is 9.71. The standard InChI is InChI=1S/C24H38N2O2.C4H4O4/c1-23-11-9-16(6-4-3-5-13-25)14-20(23)21(26-28)15-17-18-7-8-22(27)24(18,2)12-10-19(17)23;5-3(6)1-2-4(7)8/h4,6,16-20,28H,3,5,7-15,25H2,1-2H3;1-2H,(H,5,6)(H,7,8)/b6-4-,26-21+;2-1+/t16-,17+,18+,19+,20?,23-,24+;/m1./s1. The highest BCUT2D eigenvalue weighted by Crippen LogP contribution is 2.65. The SMILES string of the molecule is C[C@]12CC[C@@H](/C=C\CCCN)CC1/C(=N/O)C[C@@H]1[C@@H]2CC[C@]2(C)C(=O)CC[C@@H]12.O=C(O)/C=C/C(=O)O. The molecule has 1 unspecified atom stereocenters. The fourth-order valence-corrected chi connectivity index (χ4v) is 7.82. The van der Waals surface area contributed by atoms with E-state index in [1.165, 1.54) is 19.3 Å². The summed E-state index contributed by atoms with van der Waals surface area (Å²) in [7, 11) is 0. The molecule has 8 nitrogen and oxygen atoms in total. The van der Waals surface area contributed by atoms with E-state index in [1.54, 1.807) is 0 Å². The Morgan fingerprint density at radius 2 is 1.78 bits per heavy atom. The summed E-state index contributed by atoms with van der Waals surface area (Å²) in [4.78, 5) is 31.7. The Hall–Kier alpha value is -2.48. The number of aliphatic carboxylic acids is 2. The van der Waals surface area contributed by atoms with Crippen molar-refractivity contribution in [3.8, 4) is 0 Å². The van der Waals surface area contributed by atoms with Gasteiger partial charge in [-0.2, -0.15) is 0 Å². The quantitative estimate of drug-likeness (QED) is 0.136. The molecule has 200 valence electrons. The molecule has 0 bridgehead atoms. The van der Waals surface area contributed by atoms with Crippen LogP contribution in [0.4, 0.5) is 0 Å². The van der Waals surface area contributed by atoms with Crippen molar-refractivity contribution in [1.82, 2.24) is 0 Å². The number of allylic oxidation sites excluding steroid dienone is 2. The Kier molecular flexibility index (Phi) is 9.14. The first-order chi connectivity index (χ1) is 17.1. The summed E-state index contributed by atoms with van der Waals surface area (Å²) in [5, 5.41) is 29.4. The molecule has 7 atom stereocenters. The molecule has 0 aliphatic heterocycles. The maximum absolute atomic E-state index is 12.6. The average Bonchev–Trinajstić information content (AvgIpc) is 3.15. The number of carboxylic acid groups (broad SMARTS) is 2. The van der Waals surface area contributed by atoms with Gasteiger partial charge in [-0.1, -0.05) is 31.2 Å². The van der Waals surface area contributed by atoms with Gasteiger partial charge in [-0.3, -0.25) is 4.79 Å². The molecule has 4 saturated carbocycles. The number of carbonyl (C=O) groups excluding carboxylic acids is 1. The minimum absolute atomic E-state index is 0.117. The van der Waals surface area contributed by atoms with Crippen LogP contribution in [-0.2, 0) is 14.4 Å². The summed E-state index contributed by atoms with van der Waals surface area (Å²) in [6.45, 7) is 5.44. The molecule has 0 amide bonds. The predicted molar refractivity (Wildman–Crippen MR) is 137 cm³/mol. The van der Waals surface area contributed by atoms with Gasteiger partial charge in [0.05, 0.1) is 5.71 Å². The zero-order valence-corrected chi connectivity index (χ0v) is 21.6. The molecule has 4 fully saturated rings. The Morgan fingerprint density at radius 1 is 1.08 bits per heavy atom. The Morgan fingerprint density at radius 3 is 2.39 bits per heavy atom. The van der Waals surface area contributed by atoms with Gasteiger partial charge in [-0.25, -0.2) is 9.59 Å². The van der Waals surface area contributed by atoms with E-state index in [4.69, 9.17) is 15.9 Å². The predicted octanol–water partition coefficient (Wildman–Crippen LogP) is 4.66. The molecule has 0 saturated heterocycles. The molecule has 0 spiro atoms. The lowest BCUT2D eigenvalue weighted by Gasteiger charge is -2.60. The molecule has 0 heterocycles. The highest BCUT2D eigenvalue weighted by molar-refractivity contribution is 5.90. The molecular weight excluding hydrogens is 460 g/mol. The van der Waals surface area contributed by atoms with Crippen LogP contribution in [0.15, 0.2) is 29.5 Å². The molecule has 0 radical (unpaired) electrons. The van der Waals surface area contributed by atoms with E-state index in [1.807, 2.05) is 0 Å². The van der Waals surface area contributed by atoms with E-state index in [0.717, 1.165) is 57.2 Å². The fourth-order valence-electron chi connectivity index (χ4n) is 7.82. The second-order valence-electron chi connectivity index (χ2n) is 11.6. The number of carboxylic acids is 2. The van der Waals surface area contributed by atoms with Crippen molar-refractivity contribution in [3.63, 3.8) is 0 Å². The van der Waals surface area contributed by atoms with E-state index in [9.17, 15) is 19.6 Å². The summed E-state index contributed by atoms with van der Waals surface area (Å²) in [5.41, 5.74) is 6.73. The summed E-state index contributed by atoms with van der Waals surface area (Å²) < 4.78 is 0. The number of nitrogens with zero attached hydrogens (tertiary/aromatic N) is 1. The van der Waals surface area contributed by atoms with Crippen LogP contribution in [0.3, 0.4) is 0 Å². The number of carbonyl (C=O) groups is 3. The number of fused-ring (bicyclic) bond motifs is 5. The van der Waals surface area contributed by atoms with Crippen molar-refractivity contribution >= 4 is 23.4 Å². The van der Waals surface area contributed by atoms with Crippen molar-refractivity contribution in [1.29, 1.82) is 0 Å². The molecule has 4 aliphatic rings. The minimum atomic E-state index is -1.26. The number of ketones is 1. The number of rotatable bonds is 6. The van der Waals surface area contributed by atoms with Gasteiger partial charge in [0, 0.05) is 29.9 Å². The Bertz CT molecular complexity index is 911. The second-order valence-corrected chi connectivity index (χ2v) is 11.6. The second kappa shape index (κ2) is 11.7. The smallest absolute Gasteiger partial charge is 0.328 e. The third-order valence-corrected chi connectivity index (χ3v) is 9.71.